The number of hydrogen-bond donors (Lipinski definition) is 1. The quantitative estimate of drug-likeness (QED) is 0.746. The fraction of sp³-hybridized carbons (Fsp3) is 0.600. The fourth-order valence-electron chi connectivity index (χ4n) is 2.34. The SMILES string of the molecule is NCCCN(CCCc1ccccc1)C1CC1. The average Bonchev–Trinajstić information content (AvgIpc) is 3.19. The third-order valence-electron chi connectivity index (χ3n) is 3.47. The monoisotopic (exact) mass is 232 g/mol. The minimum atomic E-state index is 0.821. The van der Waals surface area contributed by atoms with E-state index in [2.05, 4.69) is 35.2 Å². The lowest BCUT2D eigenvalue weighted by Gasteiger charge is -2.21. The van der Waals surface area contributed by atoms with Crippen molar-refractivity contribution in [1.82, 2.24) is 4.90 Å². The molecule has 0 heterocycles. The second kappa shape index (κ2) is 6.77. The van der Waals surface area contributed by atoms with E-state index in [-0.39, 0.29) is 0 Å². The molecule has 2 heteroatoms. The molecule has 1 aliphatic rings. The molecular weight excluding hydrogens is 208 g/mol. The highest BCUT2D eigenvalue weighted by Crippen LogP contribution is 2.27. The first-order valence-electron chi connectivity index (χ1n) is 6.88. The molecule has 2 rings (SSSR count). The van der Waals surface area contributed by atoms with Crippen LogP contribution in [0.1, 0.15) is 31.2 Å². The van der Waals surface area contributed by atoms with Crippen LogP contribution in [0.3, 0.4) is 0 Å². The minimum absolute atomic E-state index is 0.821. The lowest BCUT2D eigenvalue weighted by atomic mass is 10.1. The van der Waals surface area contributed by atoms with E-state index in [1.807, 2.05) is 0 Å². The molecule has 0 aromatic heterocycles. The van der Waals surface area contributed by atoms with Crippen LogP contribution >= 0.6 is 0 Å². The van der Waals surface area contributed by atoms with Gasteiger partial charge in [-0.2, -0.15) is 0 Å². The van der Waals surface area contributed by atoms with Crippen molar-refractivity contribution in [3.05, 3.63) is 35.9 Å². The second-order valence-electron chi connectivity index (χ2n) is 5.00. The van der Waals surface area contributed by atoms with Crippen molar-refractivity contribution < 1.29 is 0 Å². The molecule has 2 nitrogen and oxygen atoms in total. The highest BCUT2D eigenvalue weighted by molar-refractivity contribution is 5.14. The minimum Gasteiger partial charge on any atom is -0.330 e. The lowest BCUT2D eigenvalue weighted by molar-refractivity contribution is 0.258. The molecule has 1 aliphatic carbocycles. The van der Waals surface area contributed by atoms with Gasteiger partial charge in [-0.15, -0.1) is 0 Å². The Labute approximate surface area is 105 Å². The van der Waals surface area contributed by atoms with Gasteiger partial charge in [0.2, 0.25) is 0 Å². The van der Waals surface area contributed by atoms with Gasteiger partial charge in [0.25, 0.3) is 0 Å². The van der Waals surface area contributed by atoms with Crippen LogP contribution in [0.15, 0.2) is 30.3 Å². The average molecular weight is 232 g/mol. The molecule has 0 atom stereocenters. The van der Waals surface area contributed by atoms with Crippen molar-refractivity contribution >= 4 is 0 Å². The Kier molecular flexibility index (Phi) is 5.02. The summed E-state index contributed by atoms with van der Waals surface area (Å²) < 4.78 is 0. The summed E-state index contributed by atoms with van der Waals surface area (Å²) in [5.41, 5.74) is 7.05. The molecule has 0 bridgehead atoms. The molecule has 0 spiro atoms. The van der Waals surface area contributed by atoms with E-state index in [4.69, 9.17) is 5.73 Å². The predicted octanol–water partition coefficient (Wildman–Crippen LogP) is 2.43. The summed E-state index contributed by atoms with van der Waals surface area (Å²) in [7, 11) is 0. The maximum atomic E-state index is 5.59. The molecule has 2 N–H and O–H groups in total. The van der Waals surface area contributed by atoms with E-state index in [9.17, 15) is 0 Å². The van der Waals surface area contributed by atoms with Crippen molar-refractivity contribution in [2.45, 2.75) is 38.1 Å². The fourth-order valence-corrected chi connectivity index (χ4v) is 2.34. The van der Waals surface area contributed by atoms with Crippen LogP contribution in [0.25, 0.3) is 0 Å². The topological polar surface area (TPSA) is 29.3 Å². The van der Waals surface area contributed by atoms with Gasteiger partial charge < -0.3 is 10.6 Å². The standard InChI is InChI=1S/C15H24N2/c16-11-5-13-17(15-9-10-15)12-4-8-14-6-2-1-3-7-14/h1-3,6-7,15H,4-5,8-13,16H2. The molecule has 17 heavy (non-hydrogen) atoms. The zero-order valence-corrected chi connectivity index (χ0v) is 10.6. The van der Waals surface area contributed by atoms with Gasteiger partial charge in [0.1, 0.15) is 0 Å². The molecule has 1 aromatic carbocycles. The Morgan fingerprint density at radius 1 is 1.06 bits per heavy atom. The summed E-state index contributed by atoms with van der Waals surface area (Å²) in [6.45, 7) is 3.25. The Bertz CT molecular complexity index is 306. The van der Waals surface area contributed by atoms with E-state index < -0.39 is 0 Å². The zero-order valence-electron chi connectivity index (χ0n) is 10.6. The Morgan fingerprint density at radius 3 is 2.41 bits per heavy atom. The largest absolute Gasteiger partial charge is 0.330 e. The molecule has 0 amide bonds. The maximum Gasteiger partial charge on any atom is 0.00964 e. The Balaban J connectivity index is 1.68. The lowest BCUT2D eigenvalue weighted by Crippen LogP contribution is -2.29. The van der Waals surface area contributed by atoms with Crippen LogP contribution in [0.5, 0.6) is 0 Å². The van der Waals surface area contributed by atoms with Crippen LogP contribution in [-0.4, -0.2) is 30.6 Å². The number of rotatable bonds is 8. The highest BCUT2D eigenvalue weighted by Gasteiger charge is 2.27. The first-order chi connectivity index (χ1) is 8.40. The van der Waals surface area contributed by atoms with Crippen molar-refractivity contribution in [3.8, 4) is 0 Å². The zero-order chi connectivity index (χ0) is 11.9. The van der Waals surface area contributed by atoms with E-state index >= 15 is 0 Å². The van der Waals surface area contributed by atoms with Gasteiger partial charge in [0.05, 0.1) is 0 Å². The summed E-state index contributed by atoms with van der Waals surface area (Å²) in [5.74, 6) is 0. The Hall–Kier alpha value is -0.860. The summed E-state index contributed by atoms with van der Waals surface area (Å²) in [6.07, 6.45) is 6.41. The van der Waals surface area contributed by atoms with E-state index in [0.717, 1.165) is 19.0 Å². The summed E-state index contributed by atoms with van der Waals surface area (Å²) >= 11 is 0. The number of nitrogens with two attached hydrogens (primary N) is 1. The molecule has 0 unspecified atom stereocenters. The first kappa shape index (κ1) is 12.6. The number of nitrogens with zero attached hydrogens (tertiary/aromatic N) is 1. The summed E-state index contributed by atoms with van der Waals surface area (Å²) in [5, 5.41) is 0. The van der Waals surface area contributed by atoms with Gasteiger partial charge in [0, 0.05) is 6.04 Å². The smallest absolute Gasteiger partial charge is 0.00964 e. The number of aryl methyl sites for hydroxylation is 1. The molecular formula is C15H24N2. The van der Waals surface area contributed by atoms with Crippen LogP contribution in [-0.2, 0) is 6.42 Å². The summed E-state index contributed by atoms with van der Waals surface area (Å²) in [4.78, 5) is 2.63. The Morgan fingerprint density at radius 2 is 1.76 bits per heavy atom. The first-order valence-corrected chi connectivity index (χ1v) is 6.88. The van der Waals surface area contributed by atoms with Crippen LogP contribution in [0.4, 0.5) is 0 Å². The molecule has 1 saturated carbocycles. The third-order valence-corrected chi connectivity index (χ3v) is 3.47. The van der Waals surface area contributed by atoms with E-state index in [0.29, 0.717) is 0 Å². The third kappa shape index (κ3) is 4.49. The molecule has 94 valence electrons. The normalized spacial score (nSPS) is 15.4. The van der Waals surface area contributed by atoms with Crippen molar-refractivity contribution in [2.24, 2.45) is 5.73 Å². The van der Waals surface area contributed by atoms with Gasteiger partial charge in [-0.05, 0) is 57.3 Å². The van der Waals surface area contributed by atoms with Gasteiger partial charge in [-0.25, -0.2) is 0 Å². The van der Waals surface area contributed by atoms with Crippen molar-refractivity contribution in [3.63, 3.8) is 0 Å². The van der Waals surface area contributed by atoms with E-state index in [1.54, 1.807) is 0 Å². The van der Waals surface area contributed by atoms with Crippen molar-refractivity contribution in [2.75, 3.05) is 19.6 Å². The predicted molar refractivity (Wildman–Crippen MR) is 73.0 cm³/mol. The molecule has 0 aliphatic heterocycles. The molecule has 1 aromatic rings. The van der Waals surface area contributed by atoms with E-state index in [1.165, 1.54) is 44.3 Å². The second-order valence-corrected chi connectivity index (χ2v) is 5.00. The highest BCUT2D eigenvalue weighted by atomic mass is 15.2. The molecule has 0 radical (unpaired) electrons. The van der Waals surface area contributed by atoms with Gasteiger partial charge in [-0.1, -0.05) is 30.3 Å². The van der Waals surface area contributed by atoms with Crippen LogP contribution < -0.4 is 5.73 Å². The molecule has 0 saturated heterocycles. The number of benzene rings is 1. The van der Waals surface area contributed by atoms with Crippen LogP contribution in [0.2, 0.25) is 0 Å². The van der Waals surface area contributed by atoms with Crippen molar-refractivity contribution in [1.29, 1.82) is 0 Å². The summed E-state index contributed by atoms with van der Waals surface area (Å²) in [6, 6.07) is 11.7. The van der Waals surface area contributed by atoms with Crippen LogP contribution in [0, 0.1) is 0 Å². The van der Waals surface area contributed by atoms with Gasteiger partial charge >= 0.3 is 0 Å². The van der Waals surface area contributed by atoms with Gasteiger partial charge in [-0.3, -0.25) is 0 Å². The number of hydrogen-bond acceptors (Lipinski definition) is 2. The maximum absolute atomic E-state index is 5.59. The van der Waals surface area contributed by atoms with Gasteiger partial charge in [0.15, 0.2) is 0 Å². The molecule has 1 fully saturated rings.